The van der Waals surface area contributed by atoms with Crippen molar-refractivity contribution in [2.75, 3.05) is 11.9 Å². The first-order valence-electron chi connectivity index (χ1n) is 6.97. The molecule has 21 heavy (non-hydrogen) atoms. The van der Waals surface area contributed by atoms with Crippen molar-refractivity contribution in [2.45, 2.75) is 22.5 Å². The number of hydrogen-bond donors (Lipinski definition) is 2. The Morgan fingerprint density at radius 2 is 2.05 bits per heavy atom. The van der Waals surface area contributed by atoms with Crippen LogP contribution in [0.4, 0.5) is 5.82 Å². The summed E-state index contributed by atoms with van der Waals surface area (Å²) in [5.74, 6) is 0.855. The molecule has 1 fully saturated rings. The van der Waals surface area contributed by atoms with Crippen LogP contribution in [0.5, 0.6) is 0 Å². The molecule has 2 N–H and O–H groups in total. The van der Waals surface area contributed by atoms with E-state index in [9.17, 15) is 0 Å². The zero-order chi connectivity index (χ0) is 14.1. The van der Waals surface area contributed by atoms with Crippen molar-refractivity contribution < 1.29 is 0 Å². The van der Waals surface area contributed by atoms with Crippen LogP contribution < -0.4 is 5.32 Å². The highest BCUT2D eigenvalue weighted by molar-refractivity contribution is 8.01. The maximum atomic E-state index is 4.33. The minimum absolute atomic E-state index is 0.294. The van der Waals surface area contributed by atoms with Crippen molar-refractivity contribution in [3.63, 3.8) is 0 Å². The van der Waals surface area contributed by atoms with E-state index in [1.54, 1.807) is 12.5 Å². The summed E-state index contributed by atoms with van der Waals surface area (Å²) in [5, 5.41) is 11.3. The largest absolute Gasteiger partial charge is 0.368 e. The number of thioether (sulfide) groups is 1. The Morgan fingerprint density at radius 1 is 1.19 bits per heavy atom. The summed E-state index contributed by atoms with van der Waals surface area (Å²) < 4.78 is 0.294. The van der Waals surface area contributed by atoms with Gasteiger partial charge in [0.05, 0.1) is 11.6 Å². The number of nitrogens with zero attached hydrogens (tertiary/aromatic N) is 3. The number of aromatic nitrogens is 4. The number of hydrogen-bond acceptors (Lipinski definition) is 5. The molecule has 0 bridgehead atoms. The molecule has 1 aliphatic carbocycles. The van der Waals surface area contributed by atoms with Gasteiger partial charge in [-0.2, -0.15) is 5.10 Å². The van der Waals surface area contributed by atoms with Crippen LogP contribution in [0.25, 0.3) is 11.0 Å². The third-order valence-electron chi connectivity index (χ3n) is 3.71. The third kappa shape index (κ3) is 2.58. The molecule has 0 unspecified atom stereocenters. The molecule has 106 valence electrons. The normalized spacial score (nSPS) is 16.0. The SMILES string of the molecule is c1ccc(SC2(CNc3ncnc4[nH]ncc34)CC2)cc1. The highest BCUT2D eigenvalue weighted by Crippen LogP contribution is 2.51. The first-order valence-corrected chi connectivity index (χ1v) is 7.78. The van der Waals surface area contributed by atoms with E-state index in [4.69, 9.17) is 0 Å². The van der Waals surface area contributed by atoms with Crippen LogP contribution >= 0.6 is 11.8 Å². The molecule has 0 spiro atoms. The topological polar surface area (TPSA) is 66.5 Å². The van der Waals surface area contributed by atoms with Crippen LogP contribution in [0.2, 0.25) is 0 Å². The fraction of sp³-hybridized carbons (Fsp3) is 0.267. The minimum atomic E-state index is 0.294. The molecule has 2 heterocycles. The summed E-state index contributed by atoms with van der Waals surface area (Å²) in [6.07, 6.45) is 5.80. The Hall–Kier alpha value is -2.08. The van der Waals surface area contributed by atoms with E-state index in [1.807, 2.05) is 11.8 Å². The maximum Gasteiger partial charge on any atom is 0.160 e. The van der Waals surface area contributed by atoms with E-state index in [2.05, 4.69) is 55.8 Å². The quantitative estimate of drug-likeness (QED) is 0.757. The molecule has 3 aromatic rings. The second kappa shape index (κ2) is 5.04. The Kier molecular flexibility index (Phi) is 3.03. The van der Waals surface area contributed by atoms with Gasteiger partial charge in [-0.05, 0) is 25.0 Å². The van der Waals surface area contributed by atoms with Crippen LogP contribution in [0, 0.1) is 0 Å². The summed E-state index contributed by atoms with van der Waals surface area (Å²) in [5.41, 5.74) is 0.771. The Balaban J connectivity index is 1.48. The maximum absolute atomic E-state index is 4.33. The molecule has 4 rings (SSSR count). The number of benzene rings is 1. The lowest BCUT2D eigenvalue weighted by Crippen LogP contribution is -2.18. The lowest BCUT2D eigenvalue weighted by molar-refractivity contribution is 0.937. The van der Waals surface area contributed by atoms with E-state index in [0.717, 1.165) is 23.4 Å². The standard InChI is InChI=1S/C15H15N5S/c1-2-4-11(5-3-1)21-15(6-7-15)9-16-13-12-8-19-20-14(12)18-10-17-13/h1-5,8,10H,6-7,9H2,(H2,16,17,18,19,20). The molecular formula is C15H15N5S. The van der Waals surface area contributed by atoms with Crippen LogP contribution in [-0.2, 0) is 0 Å². The lowest BCUT2D eigenvalue weighted by atomic mass is 10.3. The van der Waals surface area contributed by atoms with E-state index in [-0.39, 0.29) is 0 Å². The van der Waals surface area contributed by atoms with Crippen molar-refractivity contribution in [3.05, 3.63) is 42.9 Å². The molecule has 0 aliphatic heterocycles. The highest BCUT2D eigenvalue weighted by atomic mass is 32.2. The van der Waals surface area contributed by atoms with Crippen molar-refractivity contribution in [1.82, 2.24) is 20.2 Å². The van der Waals surface area contributed by atoms with E-state index >= 15 is 0 Å². The molecule has 0 atom stereocenters. The first-order chi connectivity index (χ1) is 10.3. The van der Waals surface area contributed by atoms with E-state index < -0.39 is 0 Å². The van der Waals surface area contributed by atoms with Gasteiger partial charge in [-0.15, -0.1) is 11.8 Å². The molecular weight excluding hydrogens is 282 g/mol. The first kappa shape index (κ1) is 12.6. The summed E-state index contributed by atoms with van der Waals surface area (Å²) in [6, 6.07) is 10.6. The van der Waals surface area contributed by atoms with Gasteiger partial charge in [-0.25, -0.2) is 9.97 Å². The summed E-state index contributed by atoms with van der Waals surface area (Å²) in [7, 11) is 0. The van der Waals surface area contributed by atoms with Crippen molar-refractivity contribution in [2.24, 2.45) is 0 Å². The molecule has 1 aliphatic rings. The van der Waals surface area contributed by atoms with Gasteiger partial charge in [0.25, 0.3) is 0 Å². The number of nitrogens with one attached hydrogen (secondary N) is 2. The van der Waals surface area contributed by atoms with Crippen LogP contribution in [-0.4, -0.2) is 31.5 Å². The number of aromatic amines is 1. The van der Waals surface area contributed by atoms with Crippen molar-refractivity contribution in [3.8, 4) is 0 Å². The molecule has 2 aromatic heterocycles. The Labute approximate surface area is 126 Å². The molecule has 0 amide bonds. The smallest absolute Gasteiger partial charge is 0.160 e. The number of fused-ring (bicyclic) bond motifs is 1. The number of H-pyrrole nitrogens is 1. The van der Waals surface area contributed by atoms with Crippen LogP contribution in [0.1, 0.15) is 12.8 Å². The number of anilines is 1. The predicted molar refractivity (Wildman–Crippen MR) is 84.4 cm³/mol. The summed E-state index contributed by atoms with van der Waals surface area (Å²) in [4.78, 5) is 9.81. The molecule has 1 aromatic carbocycles. The van der Waals surface area contributed by atoms with Gasteiger partial charge < -0.3 is 5.32 Å². The summed E-state index contributed by atoms with van der Waals surface area (Å²) in [6.45, 7) is 0.907. The zero-order valence-electron chi connectivity index (χ0n) is 11.4. The van der Waals surface area contributed by atoms with Gasteiger partial charge in [0.15, 0.2) is 5.65 Å². The van der Waals surface area contributed by atoms with Crippen LogP contribution in [0.15, 0.2) is 47.8 Å². The average molecular weight is 297 g/mol. The Morgan fingerprint density at radius 3 is 2.86 bits per heavy atom. The van der Waals surface area contributed by atoms with Gasteiger partial charge in [0.2, 0.25) is 0 Å². The molecule has 5 nitrogen and oxygen atoms in total. The second-order valence-electron chi connectivity index (χ2n) is 5.31. The monoisotopic (exact) mass is 297 g/mol. The predicted octanol–water partition coefficient (Wildman–Crippen LogP) is 3.09. The van der Waals surface area contributed by atoms with Gasteiger partial charge in [-0.1, -0.05) is 18.2 Å². The second-order valence-corrected chi connectivity index (χ2v) is 6.85. The third-order valence-corrected chi connectivity index (χ3v) is 5.20. The van der Waals surface area contributed by atoms with Crippen LogP contribution in [0.3, 0.4) is 0 Å². The molecule has 0 radical (unpaired) electrons. The van der Waals surface area contributed by atoms with E-state index in [1.165, 1.54) is 17.7 Å². The molecule has 6 heteroatoms. The van der Waals surface area contributed by atoms with Gasteiger partial charge in [0, 0.05) is 16.2 Å². The Bertz CT molecular complexity index is 751. The fourth-order valence-corrected chi connectivity index (χ4v) is 3.59. The van der Waals surface area contributed by atoms with E-state index in [0.29, 0.717) is 4.75 Å². The van der Waals surface area contributed by atoms with Gasteiger partial charge in [-0.3, -0.25) is 5.10 Å². The van der Waals surface area contributed by atoms with Gasteiger partial charge in [0.1, 0.15) is 12.1 Å². The van der Waals surface area contributed by atoms with Crippen molar-refractivity contribution >= 4 is 28.6 Å². The molecule has 1 saturated carbocycles. The van der Waals surface area contributed by atoms with Crippen molar-refractivity contribution in [1.29, 1.82) is 0 Å². The zero-order valence-corrected chi connectivity index (χ0v) is 12.2. The highest BCUT2D eigenvalue weighted by Gasteiger charge is 2.43. The fourth-order valence-electron chi connectivity index (χ4n) is 2.34. The summed E-state index contributed by atoms with van der Waals surface area (Å²) >= 11 is 1.95. The number of rotatable bonds is 5. The molecule has 0 saturated heterocycles. The average Bonchev–Trinajstić information content (AvgIpc) is 3.10. The van der Waals surface area contributed by atoms with Gasteiger partial charge >= 0.3 is 0 Å². The minimum Gasteiger partial charge on any atom is -0.368 e. The lowest BCUT2D eigenvalue weighted by Gasteiger charge is -2.16.